The third kappa shape index (κ3) is 15.2. The van der Waals surface area contributed by atoms with Gasteiger partial charge in [0.2, 0.25) is 0 Å². The summed E-state index contributed by atoms with van der Waals surface area (Å²) in [6.07, 6.45) is 9.36. The van der Waals surface area contributed by atoms with E-state index in [1.807, 2.05) is 24.3 Å². The number of benzene rings is 2. The Morgan fingerprint density at radius 3 is 0.690 bits per heavy atom. The molecular formula is C60H60O24. The van der Waals surface area contributed by atoms with Crippen molar-refractivity contribution in [1.82, 2.24) is 0 Å². The maximum Gasteiger partial charge on any atom is 0.321 e. The number of cyclic esters (lactones) is 16. The topological polar surface area (TPSA) is 347 Å². The number of hydrogen-bond donors (Lipinski definition) is 0. The van der Waals surface area contributed by atoms with Crippen LogP contribution in [0.5, 0.6) is 0 Å². The average Bonchev–Trinajstić information content (AvgIpc) is 4.36. The first-order valence-electron chi connectivity index (χ1n) is 28.2. The van der Waals surface area contributed by atoms with Gasteiger partial charge in [-0.1, -0.05) is 48.5 Å². The summed E-state index contributed by atoms with van der Waals surface area (Å²) in [5, 5.41) is 0. The number of esters is 16. The number of ether oxygens (including phenoxy) is 8. The number of carbonyl (C=O) groups is 16. The summed E-state index contributed by atoms with van der Waals surface area (Å²) < 4.78 is 36.4. The molecule has 4 unspecified atom stereocenters. The third-order valence-electron chi connectivity index (χ3n) is 17.6. The van der Waals surface area contributed by atoms with Gasteiger partial charge in [0, 0.05) is 37.5 Å². The van der Waals surface area contributed by atoms with Crippen LogP contribution in [0.15, 0.2) is 48.5 Å². The standard InChI is InChI=1S/C16H20O6.C16H14O6.C14H16O6.C14H10O6/c2*17-13-5-11(6-14(18)21-13)9-1-2-10(4-3-9)12-7-15(19)22-16(20)8-12;2*15-11-5-9(13(17)19-11)7-1-2-8(4-3-7)10-6-12(16)20-14(10)18/h9-12H,1-8H2;1-4,11-12H,5-8H2;7-10H,1-6H2;1-4,9-10H,5-6H2. The molecule has 24 nitrogen and oxygen atoms in total. The molecule has 2 aromatic rings. The fourth-order valence-electron chi connectivity index (χ4n) is 13.1. The molecule has 10 aliphatic rings. The van der Waals surface area contributed by atoms with Gasteiger partial charge >= 0.3 is 95.5 Å². The number of hydrogen-bond acceptors (Lipinski definition) is 24. The van der Waals surface area contributed by atoms with E-state index in [1.54, 1.807) is 24.3 Å². The summed E-state index contributed by atoms with van der Waals surface area (Å²) in [5.74, 6) is -8.53. The fraction of sp³-hybridized carbons (Fsp3) is 0.533. The molecule has 12 rings (SSSR count). The molecule has 0 amide bonds. The maximum absolute atomic E-state index is 11.6. The van der Waals surface area contributed by atoms with Crippen molar-refractivity contribution in [3.05, 3.63) is 70.8 Å². The van der Waals surface area contributed by atoms with E-state index in [4.69, 9.17) is 0 Å². The highest BCUT2D eigenvalue weighted by Gasteiger charge is 2.46. The van der Waals surface area contributed by atoms with Crippen LogP contribution in [0.1, 0.15) is 174 Å². The molecule has 84 heavy (non-hydrogen) atoms. The summed E-state index contributed by atoms with van der Waals surface area (Å²) in [6, 6.07) is 14.0. The Kier molecular flexibility index (Phi) is 18.9. The minimum atomic E-state index is -0.589. The second kappa shape index (κ2) is 26.4. The van der Waals surface area contributed by atoms with Gasteiger partial charge in [0.05, 0.1) is 75.0 Å². The predicted molar refractivity (Wildman–Crippen MR) is 273 cm³/mol. The summed E-state index contributed by atoms with van der Waals surface area (Å²) >= 11 is 0. The van der Waals surface area contributed by atoms with Crippen LogP contribution in [0.25, 0.3) is 0 Å². The highest BCUT2D eigenvalue weighted by molar-refractivity contribution is 5.99. The van der Waals surface area contributed by atoms with Crippen LogP contribution in [-0.4, -0.2) is 95.5 Å². The van der Waals surface area contributed by atoms with E-state index in [9.17, 15) is 76.7 Å². The quantitative estimate of drug-likeness (QED) is 0.188. The molecule has 4 atom stereocenters. The molecule has 8 aliphatic heterocycles. The number of rotatable bonds is 8. The summed E-state index contributed by atoms with van der Waals surface area (Å²) in [6.45, 7) is 0. The van der Waals surface area contributed by atoms with Gasteiger partial charge in [0.1, 0.15) is 0 Å². The minimum absolute atomic E-state index is 0.0299. The zero-order valence-electron chi connectivity index (χ0n) is 45.5. The van der Waals surface area contributed by atoms with Crippen LogP contribution < -0.4 is 0 Å². The van der Waals surface area contributed by atoms with E-state index < -0.39 is 107 Å². The normalized spacial score (nSPS) is 29.0. The van der Waals surface area contributed by atoms with Gasteiger partial charge in [-0.25, -0.2) is 0 Å². The van der Waals surface area contributed by atoms with E-state index in [2.05, 4.69) is 37.9 Å². The van der Waals surface area contributed by atoms with Crippen molar-refractivity contribution in [1.29, 1.82) is 0 Å². The highest BCUT2D eigenvalue weighted by Crippen LogP contribution is 2.44. The molecule has 444 valence electrons. The summed E-state index contributed by atoms with van der Waals surface area (Å²) in [4.78, 5) is 181. The highest BCUT2D eigenvalue weighted by atomic mass is 16.6. The van der Waals surface area contributed by atoms with Crippen molar-refractivity contribution >= 4 is 95.5 Å². The Labute approximate surface area is 478 Å². The van der Waals surface area contributed by atoms with E-state index in [0.717, 1.165) is 62.5 Å². The van der Waals surface area contributed by atoms with Gasteiger partial charge in [0.25, 0.3) is 0 Å². The lowest BCUT2D eigenvalue weighted by molar-refractivity contribution is -0.169. The summed E-state index contributed by atoms with van der Waals surface area (Å²) in [7, 11) is 0. The van der Waals surface area contributed by atoms with Crippen molar-refractivity contribution in [2.45, 2.75) is 152 Å². The molecular weight excluding hydrogens is 1100 g/mol. The van der Waals surface area contributed by atoms with Crippen LogP contribution in [0, 0.1) is 47.3 Å². The fourth-order valence-corrected chi connectivity index (χ4v) is 13.1. The Morgan fingerprint density at radius 1 is 0.214 bits per heavy atom. The molecule has 10 fully saturated rings. The lowest BCUT2D eigenvalue weighted by atomic mass is 9.69. The molecule has 0 bridgehead atoms. The first kappa shape index (κ1) is 60.2. The molecule has 24 heteroatoms. The Balaban J connectivity index is 0.000000134. The lowest BCUT2D eigenvalue weighted by Crippen LogP contribution is -2.35. The molecule has 0 N–H and O–H groups in total. The van der Waals surface area contributed by atoms with Crippen LogP contribution >= 0.6 is 0 Å². The van der Waals surface area contributed by atoms with Gasteiger partial charge < -0.3 is 37.9 Å². The Bertz CT molecular complexity index is 2780. The first-order valence-corrected chi connectivity index (χ1v) is 28.2. The SMILES string of the molecule is O=C1CC(C2CCC(C3CC(=O)OC(=O)C3)CC2)CC(=O)O1.O=C1CC(C2CCC(C3CC(=O)OC3=O)CC2)C(=O)O1.O=C1CC(c2ccc(C3CC(=O)OC(=O)C3)cc2)CC(=O)O1.O=C1CC(c2ccc(C3CC(=O)OC3=O)cc2)C(=O)O1. The zero-order valence-corrected chi connectivity index (χ0v) is 45.5. The smallest absolute Gasteiger partial charge is 0.321 e. The minimum Gasteiger partial charge on any atom is -0.393 e. The van der Waals surface area contributed by atoms with Crippen molar-refractivity contribution in [3.63, 3.8) is 0 Å². The molecule has 0 aromatic heterocycles. The monoisotopic (exact) mass is 1160 g/mol. The molecule has 8 heterocycles. The predicted octanol–water partition coefficient (Wildman–Crippen LogP) is 5.11. The molecule has 2 aromatic carbocycles. The van der Waals surface area contributed by atoms with Crippen molar-refractivity contribution < 1.29 is 115 Å². The summed E-state index contributed by atoms with van der Waals surface area (Å²) in [5.41, 5.74) is 3.06. The van der Waals surface area contributed by atoms with Crippen LogP contribution in [-0.2, 0) is 115 Å². The lowest BCUT2D eigenvalue weighted by Gasteiger charge is -2.37. The van der Waals surface area contributed by atoms with E-state index in [1.165, 1.54) is 0 Å². The molecule has 2 aliphatic carbocycles. The van der Waals surface area contributed by atoms with E-state index in [-0.39, 0.29) is 98.7 Å². The zero-order chi connectivity index (χ0) is 59.9. The van der Waals surface area contributed by atoms with E-state index in [0.29, 0.717) is 48.6 Å². The first-order chi connectivity index (χ1) is 40.1. The van der Waals surface area contributed by atoms with Crippen LogP contribution in [0.4, 0.5) is 0 Å². The molecule has 2 saturated carbocycles. The molecule has 8 saturated heterocycles. The second-order valence-electron chi connectivity index (χ2n) is 22.9. The van der Waals surface area contributed by atoms with Crippen LogP contribution in [0.3, 0.4) is 0 Å². The molecule has 0 spiro atoms. The van der Waals surface area contributed by atoms with Crippen LogP contribution in [0.2, 0.25) is 0 Å². The van der Waals surface area contributed by atoms with Gasteiger partial charge in [-0.05, 0) is 109 Å². The number of carbonyl (C=O) groups excluding carboxylic acids is 16. The van der Waals surface area contributed by atoms with Gasteiger partial charge in [0.15, 0.2) is 0 Å². The van der Waals surface area contributed by atoms with Crippen molar-refractivity contribution in [2.24, 2.45) is 47.3 Å². The Hall–Kier alpha value is -8.44. The largest absolute Gasteiger partial charge is 0.393 e. The van der Waals surface area contributed by atoms with Gasteiger partial charge in [-0.3, -0.25) is 76.7 Å². The van der Waals surface area contributed by atoms with Crippen molar-refractivity contribution in [3.8, 4) is 0 Å². The van der Waals surface area contributed by atoms with Gasteiger partial charge in [-0.2, -0.15) is 0 Å². The third-order valence-corrected chi connectivity index (χ3v) is 17.6. The second-order valence-corrected chi connectivity index (χ2v) is 22.9. The maximum atomic E-state index is 11.6. The Morgan fingerprint density at radius 2 is 0.440 bits per heavy atom. The molecule has 0 radical (unpaired) electrons. The average molecular weight is 1170 g/mol. The van der Waals surface area contributed by atoms with E-state index >= 15 is 0 Å². The van der Waals surface area contributed by atoms with Gasteiger partial charge in [-0.15, -0.1) is 0 Å². The van der Waals surface area contributed by atoms with Crippen molar-refractivity contribution in [2.75, 3.05) is 0 Å².